The van der Waals surface area contributed by atoms with Crippen molar-refractivity contribution >= 4 is 24.4 Å². The molecular formula is C7H12O2SSi. The van der Waals surface area contributed by atoms with Crippen LogP contribution in [0.4, 0.5) is 0 Å². The highest BCUT2D eigenvalue weighted by Crippen LogP contribution is 2.08. The van der Waals surface area contributed by atoms with Gasteiger partial charge in [-0.25, -0.2) is 0 Å². The molecule has 0 aromatic carbocycles. The number of thiophene rings is 1. The molecule has 0 amide bonds. The first kappa shape index (κ1) is 8.93. The molecule has 62 valence electrons. The van der Waals surface area contributed by atoms with Gasteiger partial charge in [-0.3, -0.25) is 0 Å². The molecule has 0 aliphatic rings. The summed E-state index contributed by atoms with van der Waals surface area (Å²) in [6, 6.07) is 4.08. The SMILES string of the molecule is CO[Si](C)(OC)c1cccs1. The van der Waals surface area contributed by atoms with E-state index in [1.807, 2.05) is 18.0 Å². The molecule has 0 unspecified atom stereocenters. The van der Waals surface area contributed by atoms with Gasteiger partial charge in [0, 0.05) is 18.7 Å². The second-order valence-electron chi connectivity index (χ2n) is 2.33. The first-order chi connectivity index (χ1) is 5.23. The molecular weight excluding hydrogens is 176 g/mol. The Morgan fingerprint density at radius 3 is 2.36 bits per heavy atom. The smallest absolute Gasteiger partial charge is 0.379 e. The average Bonchev–Trinajstić information content (AvgIpc) is 2.55. The molecule has 0 bridgehead atoms. The van der Waals surface area contributed by atoms with Gasteiger partial charge in [-0.1, -0.05) is 6.07 Å². The van der Waals surface area contributed by atoms with Crippen LogP contribution in [0, 0.1) is 0 Å². The van der Waals surface area contributed by atoms with E-state index in [0.717, 1.165) is 0 Å². The maximum Gasteiger partial charge on any atom is 0.379 e. The largest absolute Gasteiger partial charge is 0.394 e. The van der Waals surface area contributed by atoms with Crippen molar-refractivity contribution < 1.29 is 8.85 Å². The van der Waals surface area contributed by atoms with E-state index in [1.54, 1.807) is 25.6 Å². The van der Waals surface area contributed by atoms with Gasteiger partial charge in [0.15, 0.2) is 0 Å². The third-order valence-corrected chi connectivity index (χ3v) is 6.52. The van der Waals surface area contributed by atoms with E-state index in [4.69, 9.17) is 8.85 Å². The van der Waals surface area contributed by atoms with E-state index in [9.17, 15) is 0 Å². The lowest BCUT2D eigenvalue weighted by Gasteiger charge is -2.20. The minimum absolute atomic E-state index is 1.22. The second-order valence-corrected chi connectivity index (χ2v) is 6.89. The fourth-order valence-electron chi connectivity index (χ4n) is 0.821. The van der Waals surface area contributed by atoms with Crippen LogP contribution in [-0.2, 0) is 8.85 Å². The van der Waals surface area contributed by atoms with Gasteiger partial charge in [0.05, 0.1) is 0 Å². The molecule has 0 spiro atoms. The summed E-state index contributed by atoms with van der Waals surface area (Å²) in [5.41, 5.74) is 0. The maximum absolute atomic E-state index is 5.36. The van der Waals surface area contributed by atoms with Crippen molar-refractivity contribution in [3.05, 3.63) is 17.5 Å². The predicted octanol–water partition coefficient (Wildman–Crippen LogP) is 1.32. The van der Waals surface area contributed by atoms with Gasteiger partial charge in [0.2, 0.25) is 0 Å². The summed E-state index contributed by atoms with van der Waals surface area (Å²) < 4.78 is 11.9. The summed E-state index contributed by atoms with van der Waals surface area (Å²) in [6.07, 6.45) is 0. The maximum atomic E-state index is 5.36. The fourth-order valence-corrected chi connectivity index (χ4v) is 3.81. The highest BCUT2D eigenvalue weighted by molar-refractivity contribution is 7.23. The van der Waals surface area contributed by atoms with Gasteiger partial charge in [-0.05, 0) is 18.0 Å². The van der Waals surface area contributed by atoms with E-state index < -0.39 is 8.56 Å². The van der Waals surface area contributed by atoms with Crippen molar-refractivity contribution in [3.63, 3.8) is 0 Å². The predicted molar refractivity (Wildman–Crippen MR) is 49.6 cm³/mol. The molecule has 0 atom stereocenters. The molecule has 4 heteroatoms. The Kier molecular flexibility index (Phi) is 2.83. The van der Waals surface area contributed by atoms with Crippen LogP contribution in [0.15, 0.2) is 17.5 Å². The van der Waals surface area contributed by atoms with E-state index >= 15 is 0 Å². The normalized spacial score (nSPS) is 11.9. The van der Waals surface area contributed by atoms with E-state index in [1.165, 1.54) is 4.50 Å². The van der Waals surface area contributed by atoms with Crippen molar-refractivity contribution in [1.82, 2.24) is 0 Å². The van der Waals surface area contributed by atoms with Crippen LogP contribution < -0.4 is 4.50 Å². The highest BCUT2D eigenvalue weighted by Gasteiger charge is 2.32. The van der Waals surface area contributed by atoms with Gasteiger partial charge >= 0.3 is 8.56 Å². The van der Waals surface area contributed by atoms with E-state index in [2.05, 4.69) is 6.07 Å². The molecule has 0 saturated carbocycles. The molecule has 1 rings (SSSR count). The molecule has 0 aliphatic carbocycles. The zero-order valence-corrected chi connectivity index (χ0v) is 8.77. The molecule has 0 fully saturated rings. The van der Waals surface area contributed by atoms with Gasteiger partial charge in [-0.2, -0.15) is 0 Å². The monoisotopic (exact) mass is 188 g/mol. The summed E-state index contributed by atoms with van der Waals surface area (Å²) in [7, 11) is 1.40. The van der Waals surface area contributed by atoms with Crippen LogP contribution in [0.25, 0.3) is 0 Å². The standard InChI is InChI=1S/C7H12O2SSi/c1-8-11(3,9-2)7-5-4-6-10-7/h4-6H,1-3H3. The Labute approximate surface area is 72.0 Å². The van der Waals surface area contributed by atoms with Crippen LogP contribution in [0.5, 0.6) is 0 Å². The molecule has 0 saturated heterocycles. The van der Waals surface area contributed by atoms with Crippen LogP contribution >= 0.6 is 11.3 Å². The lowest BCUT2D eigenvalue weighted by atomic mass is 10.7. The molecule has 0 radical (unpaired) electrons. The molecule has 1 aromatic rings. The van der Waals surface area contributed by atoms with Crippen LogP contribution in [0.1, 0.15) is 0 Å². The Morgan fingerprint density at radius 1 is 1.36 bits per heavy atom. The van der Waals surface area contributed by atoms with Gasteiger partial charge in [-0.15, -0.1) is 11.3 Å². The summed E-state index contributed by atoms with van der Waals surface area (Å²) in [4.78, 5) is 0. The number of hydrogen-bond acceptors (Lipinski definition) is 3. The third-order valence-electron chi connectivity index (χ3n) is 1.75. The average molecular weight is 188 g/mol. The van der Waals surface area contributed by atoms with Crippen molar-refractivity contribution in [2.75, 3.05) is 14.2 Å². The van der Waals surface area contributed by atoms with Gasteiger partial charge in [0.1, 0.15) is 0 Å². The topological polar surface area (TPSA) is 18.5 Å². The first-order valence-corrected chi connectivity index (χ1v) is 6.57. The molecule has 11 heavy (non-hydrogen) atoms. The number of hydrogen-bond donors (Lipinski definition) is 0. The Morgan fingerprint density at radius 2 is 2.00 bits per heavy atom. The van der Waals surface area contributed by atoms with E-state index in [-0.39, 0.29) is 0 Å². The van der Waals surface area contributed by atoms with Crippen LogP contribution in [0.2, 0.25) is 6.55 Å². The summed E-state index contributed by atoms with van der Waals surface area (Å²) in [5.74, 6) is 0. The molecule has 1 aromatic heterocycles. The minimum Gasteiger partial charge on any atom is -0.394 e. The molecule has 1 heterocycles. The van der Waals surface area contributed by atoms with Crippen LogP contribution in [0.3, 0.4) is 0 Å². The van der Waals surface area contributed by atoms with Gasteiger partial charge in [0.25, 0.3) is 0 Å². The highest BCUT2D eigenvalue weighted by atomic mass is 32.1. The van der Waals surface area contributed by atoms with Gasteiger partial charge < -0.3 is 8.85 Å². The molecule has 0 N–H and O–H groups in total. The third kappa shape index (κ3) is 1.70. The number of rotatable bonds is 3. The van der Waals surface area contributed by atoms with Crippen LogP contribution in [-0.4, -0.2) is 22.8 Å². The quantitative estimate of drug-likeness (QED) is 0.666. The zero-order chi connectivity index (χ0) is 8.32. The van der Waals surface area contributed by atoms with Crippen molar-refractivity contribution in [3.8, 4) is 0 Å². The van der Waals surface area contributed by atoms with Crippen molar-refractivity contribution in [2.45, 2.75) is 6.55 Å². The Bertz CT molecular complexity index is 206. The molecule has 0 aliphatic heterocycles. The Balaban J connectivity index is 2.87. The lowest BCUT2D eigenvalue weighted by molar-refractivity contribution is 0.266. The zero-order valence-electron chi connectivity index (χ0n) is 6.96. The molecule has 2 nitrogen and oxygen atoms in total. The summed E-state index contributed by atoms with van der Waals surface area (Å²) >= 11 is 1.69. The van der Waals surface area contributed by atoms with Crippen molar-refractivity contribution in [2.24, 2.45) is 0 Å². The summed E-state index contributed by atoms with van der Waals surface area (Å²) in [6.45, 7) is 2.04. The first-order valence-electron chi connectivity index (χ1n) is 3.37. The summed E-state index contributed by atoms with van der Waals surface area (Å²) in [5, 5.41) is 2.04. The second kappa shape index (κ2) is 3.49. The van der Waals surface area contributed by atoms with E-state index in [0.29, 0.717) is 0 Å². The van der Waals surface area contributed by atoms with Crippen molar-refractivity contribution in [1.29, 1.82) is 0 Å². The Hall–Kier alpha value is -0.163. The fraction of sp³-hybridized carbons (Fsp3) is 0.429. The minimum atomic E-state index is -2.00. The lowest BCUT2D eigenvalue weighted by Crippen LogP contribution is -2.47.